The van der Waals surface area contributed by atoms with Crippen LogP contribution in [0.25, 0.3) is 0 Å². The van der Waals surface area contributed by atoms with Crippen LogP contribution in [0.3, 0.4) is 0 Å². The molecule has 1 amide bonds. The van der Waals surface area contributed by atoms with Crippen LogP contribution < -0.4 is 9.62 Å². The van der Waals surface area contributed by atoms with Gasteiger partial charge in [0, 0.05) is 25.2 Å². The van der Waals surface area contributed by atoms with Crippen LogP contribution in [0, 0.1) is 5.92 Å². The number of piperidine rings is 1. The van der Waals surface area contributed by atoms with Crippen LogP contribution in [0.1, 0.15) is 39.5 Å². The molecule has 1 aromatic rings. The summed E-state index contributed by atoms with van der Waals surface area (Å²) in [5, 5.41) is 0. The Kier molecular flexibility index (Phi) is 6.04. The number of carbonyl (C=O) groups excluding carboxylic acids is 1. The molecule has 6 heteroatoms. The van der Waals surface area contributed by atoms with Crippen LogP contribution in [0.5, 0.6) is 0 Å². The molecule has 1 heterocycles. The number of hydrogen-bond donors (Lipinski definition) is 1. The first-order valence-electron chi connectivity index (χ1n) is 8.39. The van der Waals surface area contributed by atoms with Gasteiger partial charge >= 0.3 is 0 Å². The maximum atomic E-state index is 12.2. The highest BCUT2D eigenvalue weighted by atomic mass is 32.2. The molecule has 1 atom stereocenters. The van der Waals surface area contributed by atoms with E-state index in [9.17, 15) is 13.2 Å². The Hall–Kier alpha value is -1.82. The smallest absolute Gasteiger partial charge is 0.264 e. The monoisotopic (exact) mass is 350 g/mol. The van der Waals surface area contributed by atoms with Crippen molar-refractivity contribution in [2.24, 2.45) is 5.92 Å². The predicted octanol–water partition coefficient (Wildman–Crippen LogP) is 3.08. The fourth-order valence-electron chi connectivity index (χ4n) is 2.94. The van der Waals surface area contributed by atoms with Gasteiger partial charge in [-0.25, -0.2) is 13.1 Å². The van der Waals surface area contributed by atoms with Gasteiger partial charge in [-0.05, 0) is 56.4 Å². The van der Waals surface area contributed by atoms with Crippen molar-refractivity contribution in [3.63, 3.8) is 0 Å². The highest BCUT2D eigenvalue weighted by Gasteiger charge is 2.22. The van der Waals surface area contributed by atoms with Crippen LogP contribution in [0.4, 0.5) is 5.69 Å². The second-order valence-corrected chi connectivity index (χ2v) is 8.09. The van der Waals surface area contributed by atoms with Crippen molar-refractivity contribution in [2.75, 3.05) is 18.0 Å². The topological polar surface area (TPSA) is 66.5 Å². The second-order valence-electron chi connectivity index (χ2n) is 6.40. The summed E-state index contributed by atoms with van der Waals surface area (Å²) in [5.74, 6) is 0.0115. The molecule has 132 valence electrons. The van der Waals surface area contributed by atoms with Gasteiger partial charge in [-0.3, -0.25) is 4.79 Å². The number of anilines is 1. The first kappa shape index (κ1) is 18.5. The Morgan fingerprint density at radius 3 is 2.58 bits per heavy atom. The summed E-state index contributed by atoms with van der Waals surface area (Å²) < 4.78 is 26.5. The molecule has 1 saturated heterocycles. The van der Waals surface area contributed by atoms with Crippen molar-refractivity contribution in [1.29, 1.82) is 0 Å². The lowest BCUT2D eigenvalue weighted by Crippen LogP contribution is -2.35. The lowest BCUT2D eigenvalue weighted by atomic mass is 9.92. The maximum absolute atomic E-state index is 12.2. The summed E-state index contributed by atoms with van der Waals surface area (Å²) in [7, 11) is -3.79. The Balaban J connectivity index is 2.10. The number of sulfonamides is 1. The van der Waals surface area contributed by atoms with E-state index in [1.165, 1.54) is 5.57 Å². The van der Waals surface area contributed by atoms with Crippen LogP contribution in [0.2, 0.25) is 0 Å². The molecule has 0 saturated carbocycles. The first-order chi connectivity index (χ1) is 11.3. The van der Waals surface area contributed by atoms with Crippen LogP contribution >= 0.6 is 0 Å². The molecule has 1 fully saturated rings. The van der Waals surface area contributed by atoms with Gasteiger partial charge in [0.1, 0.15) is 0 Å². The Bertz CT molecular complexity index is 695. The second kappa shape index (κ2) is 7.83. The fraction of sp³-hybridized carbons (Fsp3) is 0.500. The quantitative estimate of drug-likeness (QED) is 0.801. The number of nitrogens with zero attached hydrogens (tertiary/aromatic N) is 1. The van der Waals surface area contributed by atoms with Crippen LogP contribution in [-0.4, -0.2) is 27.4 Å². The molecule has 1 aliphatic rings. The van der Waals surface area contributed by atoms with Crippen molar-refractivity contribution in [3.8, 4) is 0 Å². The molecular weight excluding hydrogens is 324 g/mol. The Morgan fingerprint density at radius 1 is 1.33 bits per heavy atom. The van der Waals surface area contributed by atoms with E-state index in [-0.39, 0.29) is 11.3 Å². The van der Waals surface area contributed by atoms with Crippen molar-refractivity contribution in [1.82, 2.24) is 4.72 Å². The summed E-state index contributed by atoms with van der Waals surface area (Å²) in [4.78, 5) is 13.9. The zero-order valence-electron chi connectivity index (χ0n) is 14.4. The van der Waals surface area contributed by atoms with E-state index >= 15 is 0 Å². The predicted molar refractivity (Wildman–Crippen MR) is 96.4 cm³/mol. The van der Waals surface area contributed by atoms with Gasteiger partial charge in [0.05, 0.1) is 4.90 Å². The zero-order valence-corrected chi connectivity index (χ0v) is 15.2. The van der Waals surface area contributed by atoms with Crippen molar-refractivity contribution in [3.05, 3.63) is 36.4 Å². The standard InChI is InChI=1S/C18H26N2O3S/c1-4-6-18(21)19-24(22,23)17-10-8-16(9-11-17)20-12-5-7-15(13-20)14(2)3/h8-11,15H,2,4-7,12-13H2,1,3H3,(H,19,21). The normalized spacial score (nSPS) is 18.2. The molecule has 1 aromatic carbocycles. The molecule has 5 nitrogen and oxygen atoms in total. The summed E-state index contributed by atoms with van der Waals surface area (Å²) in [6.07, 6.45) is 3.07. The van der Waals surface area contributed by atoms with Crippen molar-refractivity contribution in [2.45, 2.75) is 44.4 Å². The molecule has 0 aromatic heterocycles. The van der Waals surface area contributed by atoms with E-state index in [0.29, 0.717) is 12.3 Å². The molecule has 0 aliphatic carbocycles. The van der Waals surface area contributed by atoms with E-state index in [4.69, 9.17) is 0 Å². The summed E-state index contributed by atoms with van der Waals surface area (Å²) in [6.45, 7) is 9.81. The lowest BCUT2D eigenvalue weighted by molar-refractivity contribution is -0.119. The average molecular weight is 350 g/mol. The Labute approximate surface area is 144 Å². The third-order valence-corrected chi connectivity index (χ3v) is 5.74. The molecule has 1 unspecified atom stereocenters. The number of nitrogens with one attached hydrogen (secondary N) is 1. The number of benzene rings is 1. The number of carbonyl (C=O) groups is 1. The molecule has 0 bridgehead atoms. The van der Waals surface area contributed by atoms with Crippen molar-refractivity contribution < 1.29 is 13.2 Å². The first-order valence-corrected chi connectivity index (χ1v) is 9.88. The Morgan fingerprint density at radius 2 is 2.00 bits per heavy atom. The fourth-order valence-corrected chi connectivity index (χ4v) is 3.95. The minimum absolute atomic E-state index is 0.115. The van der Waals surface area contributed by atoms with Gasteiger partial charge in [-0.2, -0.15) is 0 Å². The maximum Gasteiger partial charge on any atom is 0.264 e. The van der Waals surface area contributed by atoms with E-state index in [1.54, 1.807) is 24.3 Å². The highest BCUT2D eigenvalue weighted by Crippen LogP contribution is 2.27. The SMILES string of the molecule is C=C(C)C1CCCN(c2ccc(S(=O)(=O)NC(=O)CCC)cc2)C1. The number of hydrogen-bond acceptors (Lipinski definition) is 4. The third-order valence-electron chi connectivity index (χ3n) is 4.36. The van der Waals surface area contributed by atoms with Gasteiger partial charge in [-0.1, -0.05) is 19.1 Å². The lowest BCUT2D eigenvalue weighted by Gasteiger charge is -2.34. The number of rotatable bonds is 6. The van der Waals surface area contributed by atoms with E-state index < -0.39 is 15.9 Å². The van der Waals surface area contributed by atoms with Crippen molar-refractivity contribution >= 4 is 21.6 Å². The van der Waals surface area contributed by atoms with E-state index in [2.05, 4.69) is 23.1 Å². The molecule has 0 radical (unpaired) electrons. The summed E-state index contributed by atoms with van der Waals surface area (Å²) in [5.41, 5.74) is 2.19. The average Bonchev–Trinajstić information content (AvgIpc) is 2.55. The van der Waals surface area contributed by atoms with Crippen LogP contribution in [-0.2, 0) is 14.8 Å². The molecule has 1 N–H and O–H groups in total. The summed E-state index contributed by atoms with van der Waals surface area (Å²) in [6, 6.07) is 6.72. The van der Waals surface area contributed by atoms with Gasteiger partial charge in [0.15, 0.2) is 0 Å². The molecule has 2 rings (SSSR count). The minimum atomic E-state index is -3.79. The zero-order chi connectivity index (χ0) is 17.7. The molecule has 0 spiro atoms. The van der Waals surface area contributed by atoms with Gasteiger partial charge < -0.3 is 4.90 Å². The largest absolute Gasteiger partial charge is 0.371 e. The van der Waals surface area contributed by atoms with Gasteiger partial charge in [-0.15, -0.1) is 0 Å². The third kappa shape index (κ3) is 4.60. The van der Waals surface area contributed by atoms with E-state index in [0.717, 1.165) is 31.6 Å². The molecule has 24 heavy (non-hydrogen) atoms. The molecule has 1 aliphatic heterocycles. The van der Waals surface area contributed by atoms with Gasteiger partial charge in [0.2, 0.25) is 5.91 Å². The number of amides is 1. The summed E-state index contributed by atoms with van der Waals surface area (Å²) >= 11 is 0. The minimum Gasteiger partial charge on any atom is -0.371 e. The van der Waals surface area contributed by atoms with Crippen LogP contribution in [0.15, 0.2) is 41.3 Å². The molecular formula is C18H26N2O3S. The van der Waals surface area contributed by atoms with E-state index in [1.807, 2.05) is 6.92 Å². The van der Waals surface area contributed by atoms with Gasteiger partial charge in [0.25, 0.3) is 10.0 Å². The highest BCUT2D eigenvalue weighted by molar-refractivity contribution is 7.90.